The third-order valence-electron chi connectivity index (χ3n) is 3.04. The van der Waals surface area contributed by atoms with Gasteiger partial charge in [-0.2, -0.15) is 0 Å². The molecule has 0 aromatic rings. The average molecular weight is 197 g/mol. The molecule has 0 spiro atoms. The molecule has 0 bridgehead atoms. The summed E-state index contributed by atoms with van der Waals surface area (Å²) in [7, 11) is 0. The Morgan fingerprint density at radius 2 is 1.71 bits per heavy atom. The fourth-order valence-corrected chi connectivity index (χ4v) is 2.79. The van der Waals surface area contributed by atoms with E-state index in [1.807, 2.05) is 0 Å². The summed E-state index contributed by atoms with van der Waals surface area (Å²) < 4.78 is 0. The SMILES string of the molecule is CC(C)CC(N)(CC(C)(C)C)C1CC1. The lowest BCUT2D eigenvalue weighted by atomic mass is 9.73. The molecule has 1 rings (SSSR count). The molecule has 0 radical (unpaired) electrons. The molecule has 1 atom stereocenters. The van der Waals surface area contributed by atoms with Crippen molar-refractivity contribution in [1.82, 2.24) is 0 Å². The minimum absolute atomic E-state index is 0.117. The first-order valence-corrected chi connectivity index (χ1v) is 6.02. The first kappa shape index (κ1) is 12.0. The van der Waals surface area contributed by atoms with Crippen LogP contribution >= 0.6 is 0 Å². The van der Waals surface area contributed by atoms with Gasteiger partial charge in [0.15, 0.2) is 0 Å². The van der Waals surface area contributed by atoms with E-state index in [9.17, 15) is 0 Å². The summed E-state index contributed by atoms with van der Waals surface area (Å²) in [5, 5.41) is 0. The van der Waals surface area contributed by atoms with Crippen molar-refractivity contribution < 1.29 is 0 Å². The van der Waals surface area contributed by atoms with Gasteiger partial charge in [0.05, 0.1) is 0 Å². The molecule has 1 fully saturated rings. The number of hydrogen-bond donors (Lipinski definition) is 1. The topological polar surface area (TPSA) is 26.0 Å². The fourth-order valence-electron chi connectivity index (χ4n) is 2.79. The predicted octanol–water partition coefficient (Wildman–Crippen LogP) is 3.58. The van der Waals surface area contributed by atoms with Crippen molar-refractivity contribution in [2.45, 2.75) is 65.8 Å². The van der Waals surface area contributed by atoms with Gasteiger partial charge in [-0.1, -0.05) is 34.6 Å². The van der Waals surface area contributed by atoms with E-state index in [1.165, 1.54) is 25.7 Å². The molecule has 0 saturated heterocycles. The first-order valence-electron chi connectivity index (χ1n) is 6.02. The van der Waals surface area contributed by atoms with Crippen molar-refractivity contribution in [2.24, 2.45) is 23.0 Å². The van der Waals surface area contributed by atoms with E-state index in [0.717, 1.165) is 11.8 Å². The van der Waals surface area contributed by atoms with Crippen LogP contribution in [0.1, 0.15) is 60.3 Å². The van der Waals surface area contributed by atoms with Crippen molar-refractivity contribution in [2.75, 3.05) is 0 Å². The average Bonchev–Trinajstić information content (AvgIpc) is 2.57. The lowest BCUT2D eigenvalue weighted by molar-refractivity contribution is 0.197. The molecule has 1 aliphatic rings. The second-order valence-electron chi connectivity index (χ2n) is 6.84. The summed E-state index contributed by atoms with van der Waals surface area (Å²) in [6.07, 6.45) is 5.08. The van der Waals surface area contributed by atoms with Crippen LogP contribution in [0.15, 0.2) is 0 Å². The van der Waals surface area contributed by atoms with Crippen LogP contribution in [0.3, 0.4) is 0 Å². The Hall–Kier alpha value is -0.0400. The lowest BCUT2D eigenvalue weighted by Gasteiger charge is -2.37. The van der Waals surface area contributed by atoms with Gasteiger partial charge >= 0.3 is 0 Å². The van der Waals surface area contributed by atoms with Gasteiger partial charge in [0, 0.05) is 5.54 Å². The Bertz CT molecular complexity index is 186. The summed E-state index contributed by atoms with van der Waals surface area (Å²) in [5.41, 5.74) is 7.08. The summed E-state index contributed by atoms with van der Waals surface area (Å²) in [5.74, 6) is 1.53. The van der Waals surface area contributed by atoms with Gasteiger partial charge in [-0.3, -0.25) is 0 Å². The molecule has 1 unspecified atom stereocenters. The minimum atomic E-state index is 0.117. The van der Waals surface area contributed by atoms with Gasteiger partial charge in [0.2, 0.25) is 0 Å². The van der Waals surface area contributed by atoms with Gasteiger partial charge in [-0.05, 0) is 42.9 Å². The Balaban J connectivity index is 2.61. The van der Waals surface area contributed by atoms with Crippen LogP contribution in [0.2, 0.25) is 0 Å². The zero-order valence-electron chi connectivity index (χ0n) is 10.6. The third kappa shape index (κ3) is 3.61. The fraction of sp³-hybridized carbons (Fsp3) is 1.00. The molecule has 2 N–H and O–H groups in total. The molecular weight excluding hydrogens is 170 g/mol. The molecule has 84 valence electrons. The predicted molar refractivity (Wildman–Crippen MR) is 63.2 cm³/mol. The first-order chi connectivity index (χ1) is 6.23. The van der Waals surface area contributed by atoms with E-state index < -0.39 is 0 Å². The standard InChI is InChI=1S/C13H27N/c1-10(2)8-13(14,11-6-7-11)9-12(3,4)5/h10-11H,6-9,14H2,1-5H3. The number of hydrogen-bond acceptors (Lipinski definition) is 1. The van der Waals surface area contributed by atoms with Gasteiger partial charge in [0.25, 0.3) is 0 Å². The monoisotopic (exact) mass is 197 g/mol. The van der Waals surface area contributed by atoms with E-state index in [4.69, 9.17) is 5.73 Å². The Kier molecular flexibility index (Phi) is 3.30. The van der Waals surface area contributed by atoms with E-state index in [1.54, 1.807) is 0 Å². The van der Waals surface area contributed by atoms with Crippen LogP contribution in [-0.2, 0) is 0 Å². The number of rotatable bonds is 4. The lowest BCUT2D eigenvalue weighted by Crippen LogP contribution is -2.46. The maximum atomic E-state index is 6.59. The summed E-state index contributed by atoms with van der Waals surface area (Å²) >= 11 is 0. The van der Waals surface area contributed by atoms with Crippen molar-refractivity contribution >= 4 is 0 Å². The van der Waals surface area contributed by atoms with Crippen molar-refractivity contribution in [3.63, 3.8) is 0 Å². The minimum Gasteiger partial charge on any atom is -0.325 e. The summed E-state index contributed by atoms with van der Waals surface area (Å²) in [6.45, 7) is 11.5. The quantitative estimate of drug-likeness (QED) is 0.732. The second-order valence-corrected chi connectivity index (χ2v) is 6.84. The molecule has 1 nitrogen and oxygen atoms in total. The van der Waals surface area contributed by atoms with E-state index in [2.05, 4.69) is 34.6 Å². The maximum Gasteiger partial charge on any atom is 0.0190 e. The van der Waals surface area contributed by atoms with Gasteiger partial charge in [-0.15, -0.1) is 0 Å². The highest BCUT2D eigenvalue weighted by molar-refractivity contribution is 5.00. The van der Waals surface area contributed by atoms with Crippen LogP contribution in [0.25, 0.3) is 0 Å². The normalized spacial score (nSPS) is 22.5. The van der Waals surface area contributed by atoms with Crippen LogP contribution in [0.4, 0.5) is 0 Å². The van der Waals surface area contributed by atoms with E-state index in [0.29, 0.717) is 5.41 Å². The molecular formula is C13H27N. The molecule has 0 heterocycles. The highest BCUT2D eigenvalue weighted by atomic mass is 14.8. The third-order valence-corrected chi connectivity index (χ3v) is 3.04. The van der Waals surface area contributed by atoms with Crippen molar-refractivity contribution in [1.29, 1.82) is 0 Å². The molecule has 0 aromatic heterocycles. The summed E-state index contributed by atoms with van der Waals surface area (Å²) in [4.78, 5) is 0. The van der Waals surface area contributed by atoms with Crippen LogP contribution in [0.5, 0.6) is 0 Å². The van der Waals surface area contributed by atoms with Crippen LogP contribution in [-0.4, -0.2) is 5.54 Å². The zero-order valence-corrected chi connectivity index (χ0v) is 10.6. The van der Waals surface area contributed by atoms with E-state index in [-0.39, 0.29) is 5.54 Å². The molecule has 1 saturated carbocycles. The Labute approximate surface area is 89.5 Å². The van der Waals surface area contributed by atoms with Crippen LogP contribution in [0, 0.1) is 17.3 Å². The smallest absolute Gasteiger partial charge is 0.0190 e. The molecule has 0 aromatic carbocycles. The maximum absolute atomic E-state index is 6.59. The Morgan fingerprint density at radius 3 is 2.00 bits per heavy atom. The van der Waals surface area contributed by atoms with Crippen molar-refractivity contribution in [3.8, 4) is 0 Å². The van der Waals surface area contributed by atoms with Gasteiger partial charge < -0.3 is 5.73 Å². The van der Waals surface area contributed by atoms with Crippen LogP contribution < -0.4 is 5.73 Å². The number of nitrogens with two attached hydrogens (primary N) is 1. The van der Waals surface area contributed by atoms with Gasteiger partial charge in [0.1, 0.15) is 0 Å². The highest BCUT2D eigenvalue weighted by Crippen LogP contribution is 2.46. The molecule has 1 aliphatic carbocycles. The van der Waals surface area contributed by atoms with Crippen molar-refractivity contribution in [3.05, 3.63) is 0 Å². The van der Waals surface area contributed by atoms with E-state index >= 15 is 0 Å². The molecule has 0 aliphatic heterocycles. The molecule has 14 heavy (non-hydrogen) atoms. The zero-order chi connectivity index (χ0) is 11.0. The largest absolute Gasteiger partial charge is 0.325 e. The summed E-state index contributed by atoms with van der Waals surface area (Å²) in [6, 6.07) is 0. The Morgan fingerprint density at radius 1 is 1.21 bits per heavy atom. The molecule has 1 heteroatoms. The molecule has 0 amide bonds. The second kappa shape index (κ2) is 3.84. The highest BCUT2D eigenvalue weighted by Gasteiger charge is 2.44. The van der Waals surface area contributed by atoms with Gasteiger partial charge in [-0.25, -0.2) is 0 Å².